The second-order valence-electron chi connectivity index (χ2n) is 7.07. The van der Waals surface area contributed by atoms with Crippen LogP contribution < -0.4 is 10.1 Å². The van der Waals surface area contributed by atoms with Crippen molar-refractivity contribution in [3.8, 4) is 5.75 Å². The fourth-order valence-corrected chi connectivity index (χ4v) is 3.54. The van der Waals surface area contributed by atoms with E-state index in [4.69, 9.17) is 4.74 Å². The molecule has 7 heteroatoms. The van der Waals surface area contributed by atoms with Gasteiger partial charge in [-0.05, 0) is 42.8 Å². The fraction of sp³-hybridized carbons (Fsp3) is 0.286. The molecule has 0 radical (unpaired) electrons. The molecule has 3 aromatic rings. The average molecular weight is 399 g/mol. The van der Waals surface area contributed by atoms with E-state index in [0.29, 0.717) is 27.9 Å². The average Bonchev–Trinajstić information content (AvgIpc) is 3.07. The van der Waals surface area contributed by atoms with Crippen LogP contribution >= 0.6 is 11.3 Å². The van der Waals surface area contributed by atoms with Gasteiger partial charge in [-0.25, -0.2) is 9.37 Å². The highest BCUT2D eigenvalue weighted by Crippen LogP contribution is 2.23. The molecule has 0 saturated heterocycles. The summed E-state index contributed by atoms with van der Waals surface area (Å²) in [6, 6.07) is 9.69. The smallest absolute Gasteiger partial charge is 0.263 e. The van der Waals surface area contributed by atoms with Crippen LogP contribution in [-0.2, 0) is 12.0 Å². The number of benzene rings is 1. The fourth-order valence-electron chi connectivity index (χ4n) is 2.65. The van der Waals surface area contributed by atoms with Gasteiger partial charge >= 0.3 is 0 Å². The van der Waals surface area contributed by atoms with Crippen molar-refractivity contribution in [2.75, 3.05) is 6.54 Å². The zero-order valence-electron chi connectivity index (χ0n) is 16.0. The van der Waals surface area contributed by atoms with E-state index in [1.807, 2.05) is 18.3 Å². The Bertz CT molecular complexity index is 940. The SMILES string of the molecule is Cc1nc(COc2ccc(F)cc2)sc1C(=O)NCC(C)(C)c1cccnc1. The molecule has 146 valence electrons. The Labute approximate surface area is 167 Å². The molecule has 1 N–H and O–H groups in total. The van der Waals surface area contributed by atoms with Gasteiger partial charge in [0, 0.05) is 24.4 Å². The van der Waals surface area contributed by atoms with E-state index in [1.165, 1.54) is 23.5 Å². The van der Waals surface area contributed by atoms with Gasteiger partial charge in [-0.1, -0.05) is 19.9 Å². The number of hydrogen-bond donors (Lipinski definition) is 1. The third kappa shape index (κ3) is 4.92. The molecule has 1 aromatic carbocycles. The molecule has 3 rings (SSSR count). The van der Waals surface area contributed by atoms with Crippen molar-refractivity contribution in [3.05, 3.63) is 75.8 Å². The Balaban J connectivity index is 1.60. The first kappa shape index (κ1) is 19.9. The molecule has 5 nitrogen and oxygen atoms in total. The zero-order chi connectivity index (χ0) is 20.1. The van der Waals surface area contributed by atoms with Gasteiger partial charge in [-0.3, -0.25) is 9.78 Å². The summed E-state index contributed by atoms with van der Waals surface area (Å²) >= 11 is 1.30. The van der Waals surface area contributed by atoms with Crippen LogP contribution in [0.3, 0.4) is 0 Å². The Morgan fingerprint density at radius 3 is 2.68 bits per heavy atom. The van der Waals surface area contributed by atoms with E-state index in [0.717, 1.165) is 5.56 Å². The molecule has 0 aliphatic rings. The van der Waals surface area contributed by atoms with Crippen molar-refractivity contribution in [3.63, 3.8) is 0 Å². The molecule has 0 unspecified atom stereocenters. The third-order valence-corrected chi connectivity index (χ3v) is 5.49. The molecular formula is C21H22FN3O2S. The minimum Gasteiger partial charge on any atom is -0.486 e. The number of ether oxygens (including phenoxy) is 1. The zero-order valence-corrected chi connectivity index (χ0v) is 16.8. The predicted octanol–water partition coefficient (Wildman–Crippen LogP) is 4.27. The van der Waals surface area contributed by atoms with Gasteiger partial charge in [0.2, 0.25) is 0 Å². The van der Waals surface area contributed by atoms with Gasteiger partial charge in [0.1, 0.15) is 28.1 Å². The first-order valence-electron chi connectivity index (χ1n) is 8.88. The summed E-state index contributed by atoms with van der Waals surface area (Å²) in [4.78, 5) is 21.8. The molecule has 0 fully saturated rings. The van der Waals surface area contributed by atoms with E-state index < -0.39 is 0 Å². The van der Waals surface area contributed by atoms with E-state index in [1.54, 1.807) is 25.3 Å². The molecule has 0 bridgehead atoms. The monoisotopic (exact) mass is 399 g/mol. The Kier molecular flexibility index (Phi) is 6.04. The summed E-state index contributed by atoms with van der Waals surface area (Å²) in [6.45, 7) is 6.64. The Morgan fingerprint density at radius 2 is 2.00 bits per heavy atom. The molecule has 0 aliphatic heterocycles. The van der Waals surface area contributed by atoms with Crippen molar-refractivity contribution >= 4 is 17.2 Å². The standard InChI is InChI=1S/C21H22FN3O2S/c1-14-19(20(26)24-13-21(2,3)15-5-4-10-23-11-15)28-18(25-14)12-27-17-8-6-16(22)7-9-17/h4-11H,12-13H2,1-3H3,(H,24,26). The number of nitrogens with one attached hydrogen (secondary N) is 1. The number of aromatic nitrogens is 2. The summed E-state index contributed by atoms with van der Waals surface area (Å²) in [5.41, 5.74) is 1.49. The van der Waals surface area contributed by atoms with Crippen LogP contribution in [0, 0.1) is 12.7 Å². The van der Waals surface area contributed by atoms with Crippen molar-refractivity contribution in [1.82, 2.24) is 15.3 Å². The lowest BCUT2D eigenvalue weighted by Crippen LogP contribution is -2.36. The molecule has 0 atom stereocenters. The number of aryl methyl sites for hydroxylation is 1. The van der Waals surface area contributed by atoms with Gasteiger partial charge < -0.3 is 10.1 Å². The number of amides is 1. The molecular weight excluding hydrogens is 377 g/mol. The first-order valence-corrected chi connectivity index (χ1v) is 9.70. The highest BCUT2D eigenvalue weighted by atomic mass is 32.1. The van der Waals surface area contributed by atoms with E-state index >= 15 is 0 Å². The van der Waals surface area contributed by atoms with Gasteiger partial charge in [-0.15, -0.1) is 11.3 Å². The van der Waals surface area contributed by atoms with Gasteiger partial charge in [0.25, 0.3) is 5.91 Å². The van der Waals surface area contributed by atoms with Crippen molar-refractivity contribution in [2.45, 2.75) is 32.8 Å². The third-order valence-electron chi connectivity index (χ3n) is 4.36. The number of thiazole rings is 1. The first-order chi connectivity index (χ1) is 13.3. The van der Waals surface area contributed by atoms with Crippen LogP contribution in [0.1, 0.15) is 39.8 Å². The van der Waals surface area contributed by atoms with Crippen LogP contribution in [0.25, 0.3) is 0 Å². The van der Waals surface area contributed by atoms with Crippen molar-refractivity contribution < 1.29 is 13.9 Å². The maximum absolute atomic E-state index is 12.9. The topological polar surface area (TPSA) is 64.1 Å². The van der Waals surface area contributed by atoms with Crippen LogP contribution in [0.4, 0.5) is 4.39 Å². The summed E-state index contributed by atoms with van der Waals surface area (Å²) in [6.07, 6.45) is 3.55. The summed E-state index contributed by atoms with van der Waals surface area (Å²) in [7, 11) is 0. The van der Waals surface area contributed by atoms with Crippen LogP contribution in [-0.4, -0.2) is 22.4 Å². The van der Waals surface area contributed by atoms with Gasteiger partial charge in [0.05, 0.1) is 5.69 Å². The Hall–Kier alpha value is -2.80. The molecule has 0 saturated carbocycles. The summed E-state index contributed by atoms with van der Waals surface area (Å²) in [5.74, 6) is 0.0871. The van der Waals surface area contributed by atoms with E-state index in [2.05, 4.69) is 29.1 Å². The maximum Gasteiger partial charge on any atom is 0.263 e. The van der Waals surface area contributed by atoms with E-state index in [-0.39, 0.29) is 23.7 Å². The Morgan fingerprint density at radius 1 is 1.25 bits per heavy atom. The number of pyridine rings is 1. The molecule has 1 amide bonds. The lowest BCUT2D eigenvalue weighted by molar-refractivity contribution is 0.0949. The molecule has 28 heavy (non-hydrogen) atoms. The minimum atomic E-state index is -0.314. The van der Waals surface area contributed by atoms with Gasteiger partial charge in [-0.2, -0.15) is 0 Å². The normalized spacial score (nSPS) is 11.3. The second-order valence-corrected chi connectivity index (χ2v) is 8.16. The lowest BCUT2D eigenvalue weighted by Gasteiger charge is -2.25. The predicted molar refractivity (Wildman–Crippen MR) is 107 cm³/mol. The maximum atomic E-state index is 12.9. The largest absolute Gasteiger partial charge is 0.486 e. The quantitative estimate of drug-likeness (QED) is 0.644. The minimum absolute atomic E-state index is 0.153. The lowest BCUT2D eigenvalue weighted by atomic mass is 9.86. The second kappa shape index (κ2) is 8.48. The van der Waals surface area contributed by atoms with Crippen molar-refractivity contribution in [2.24, 2.45) is 0 Å². The van der Waals surface area contributed by atoms with Crippen LogP contribution in [0.5, 0.6) is 5.75 Å². The number of carbonyl (C=O) groups is 1. The number of rotatable bonds is 7. The highest BCUT2D eigenvalue weighted by molar-refractivity contribution is 7.13. The van der Waals surface area contributed by atoms with E-state index in [9.17, 15) is 9.18 Å². The van der Waals surface area contributed by atoms with Gasteiger partial charge in [0.15, 0.2) is 0 Å². The van der Waals surface area contributed by atoms with Crippen LogP contribution in [0.2, 0.25) is 0 Å². The molecule has 0 spiro atoms. The number of nitrogens with zero attached hydrogens (tertiary/aromatic N) is 2. The number of hydrogen-bond acceptors (Lipinski definition) is 5. The highest BCUT2D eigenvalue weighted by Gasteiger charge is 2.23. The molecule has 2 aromatic heterocycles. The number of carbonyl (C=O) groups excluding carboxylic acids is 1. The number of halogens is 1. The molecule has 2 heterocycles. The summed E-state index contributed by atoms with van der Waals surface area (Å²) in [5, 5.41) is 3.69. The summed E-state index contributed by atoms with van der Waals surface area (Å²) < 4.78 is 18.6. The molecule has 0 aliphatic carbocycles. The van der Waals surface area contributed by atoms with Crippen LogP contribution in [0.15, 0.2) is 48.8 Å². The van der Waals surface area contributed by atoms with Crippen molar-refractivity contribution in [1.29, 1.82) is 0 Å².